The van der Waals surface area contributed by atoms with Crippen LogP contribution in [0.4, 0.5) is 0 Å². The standard InChI is InChI=1S/C19H17N3S/c1-14-7-10-16(11-8-14)18-13-23-19(21-18)17(22-20)12-9-15-5-3-2-4-6-15/h2-13,17,20H,1H3. The zero-order valence-corrected chi connectivity index (χ0v) is 13.6. The van der Waals surface area contributed by atoms with Crippen LogP contribution in [0.3, 0.4) is 0 Å². The van der Waals surface area contributed by atoms with Gasteiger partial charge in [0.15, 0.2) is 0 Å². The van der Waals surface area contributed by atoms with Crippen LogP contribution in [0.1, 0.15) is 22.2 Å². The lowest BCUT2D eigenvalue weighted by Gasteiger charge is -2.01. The van der Waals surface area contributed by atoms with Crippen LogP contribution in [0.5, 0.6) is 0 Å². The van der Waals surface area contributed by atoms with Crippen LogP contribution in [-0.4, -0.2) is 4.98 Å². The van der Waals surface area contributed by atoms with Gasteiger partial charge in [-0.3, -0.25) is 0 Å². The van der Waals surface area contributed by atoms with Crippen molar-refractivity contribution in [3.63, 3.8) is 0 Å². The summed E-state index contributed by atoms with van der Waals surface area (Å²) in [6, 6.07) is 18.0. The number of benzene rings is 2. The van der Waals surface area contributed by atoms with Gasteiger partial charge in [0.05, 0.1) is 5.69 Å². The minimum absolute atomic E-state index is 0.334. The zero-order valence-electron chi connectivity index (χ0n) is 12.8. The molecule has 4 heteroatoms. The van der Waals surface area contributed by atoms with E-state index in [1.165, 1.54) is 5.56 Å². The highest BCUT2D eigenvalue weighted by atomic mass is 32.1. The van der Waals surface area contributed by atoms with E-state index in [0.717, 1.165) is 21.8 Å². The SMILES string of the molecule is Cc1ccc(-c2csc(C(C=Cc3ccccc3)N=N)n2)cc1. The second kappa shape index (κ2) is 7.11. The van der Waals surface area contributed by atoms with Crippen LogP contribution < -0.4 is 0 Å². The highest BCUT2D eigenvalue weighted by Gasteiger charge is 2.12. The Bertz CT molecular complexity index is 804. The Kier molecular flexibility index (Phi) is 4.74. The van der Waals surface area contributed by atoms with Crippen molar-refractivity contribution in [2.45, 2.75) is 13.0 Å². The number of hydrogen-bond acceptors (Lipinski definition) is 4. The molecule has 0 aliphatic heterocycles. The first kappa shape index (κ1) is 15.3. The summed E-state index contributed by atoms with van der Waals surface area (Å²) in [5.74, 6) is 0. The van der Waals surface area contributed by atoms with E-state index < -0.39 is 0 Å². The van der Waals surface area contributed by atoms with E-state index in [1.807, 2.05) is 47.9 Å². The highest BCUT2D eigenvalue weighted by molar-refractivity contribution is 7.10. The van der Waals surface area contributed by atoms with Crippen molar-refractivity contribution in [1.82, 2.24) is 4.98 Å². The first-order valence-corrected chi connectivity index (χ1v) is 8.26. The Balaban J connectivity index is 1.81. The number of nitrogens with zero attached hydrogens (tertiary/aromatic N) is 2. The lowest BCUT2D eigenvalue weighted by molar-refractivity contribution is 0.797. The molecule has 0 aliphatic carbocycles. The average molecular weight is 319 g/mol. The molecule has 114 valence electrons. The molecule has 3 aromatic rings. The normalized spacial score (nSPS) is 12.4. The Morgan fingerprint density at radius 2 is 1.83 bits per heavy atom. The van der Waals surface area contributed by atoms with Gasteiger partial charge in [0.1, 0.15) is 11.0 Å². The van der Waals surface area contributed by atoms with Crippen LogP contribution >= 0.6 is 11.3 Å². The first-order chi connectivity index (χ1) is 11.3. The average Bonchev–Trinajstić information content (AvgIpc) is 3.07. The summed E-state index contributed by atoms with van der Waals surface area (Å²) in [6.45, 7) is 2.07. The molecule has 1 N–H and O–H groups in total. The number of nitrogens with one attached hydrogen (secondary N) is 1. The van der Waals surface area contributed by atoms with Gasteiger partial charge in [-0.1, -0.05) is 72.3 Å². The van der Waals surface area contributed by atoms with Gasteiger partial charge in [-0.25, -0.2) is 10.5 Å². The topological polar surface area (TPSA) is 49.1 Å². The second-order valence-electron chi connectivity index (χ2n) is 5.28. The summed E-state index contributed by atoms with van der Waals surface area (Å²) >= 11 is 1.54. The number of aryl methyl sites for hydroxylation is 1. The van der Waals surface area contributed by atoms with Gasteiger partial charge in [0.2, 0.25) is 0 Å². The predicted octanol–water partition coefficient (Wildman–Crippen LogP) is 5.90. The van der Waals surface area contributed by atoms with Crippen molar-refractivity contribution in [3.8, 4) is 11.3 Å². The third-order valence-corrected chi connectivity index (χ3v) is 4.45. The maximum atomic E-state index is 7.45. The lowest BCUT2D eigenvalue weighted by Crippen LogP contribution is -1.90. The van der Waals surface area contributed by atoms with E-state index in [-0.39, 0.29) is 6.04 Å². The Morgan fingerprint density at radius 3 is 2.52 bits per heavy atom. The molecular formula is C19H17N3S. The molecule has 1 unspecified atom stereocenters. The van der Waals surface area contributed by atoms with Crippen molar-refractivity contribution in [3.05, 3.63) is 82.2 Å². The van der Waals surface area contributed by atoms with Crippen LogP contribution in [0.2, 0.25) is 0 Å². The minimum Gasteiger partial charge on any atom is -0.238 e. The van der Waals surface area contributed by atoms with Gasteiger partial charge in [-0.15, -0.1) is 11.3 Å². The fraction of sp³-hybridized carbons (Fsp3) is 0.105. The monoisotopic (exact) mass is 319 g/mol. The summed E-state index contributed by atoms with van der Waals surface area (Å²) in [5.41, 5.74) is 11.8. The van der Waals surface area contributed by atoms with Crippen molar-refractivity contribution < 1.29 is 0 Å². The molecule has 0 saturated heterocycles. The molecule has 23 heavy (non-hydrogen) atoms. The third kappa shape index (κ3) is 3.79. The molecule has 0 amide bonds. The van der Waals surface area contributed by atoms with Crippen LogP contribution in [0, 0.1) is 12.5 Å². The van der Waals surface area contributed by atoms with Crippen LogP contribution in [-0.2, 0) is 0 Å². The van der Waals surface area contributed by atoms with Crippen molar-refractivity contribution in [2.24, 2.45) is 5.11 Å². The quantitative estimate of drug-likeness (QED) is 0.584. The van der Waals surface area contributed by atoms with Gasteiger partial charge < -0.3 is 0 Å². The minimum atomic E-state index is -0.334. The largest absolute Gasteiger partial charge is 0.238 e. The first-order valence-electron chi connectivity index (χ1n) is 7.38. The molecule has 3 rings (SSSR count). The van der Waals surface area contributed by atoms with Crippen molar-refractivity contribution in [2.75, 3.05) is 0 Å². The fourth-order valence-electron chi connectivity index (χ4n) is 2.23. The summed E-state index contributed by atoms with van der Waals surface area (Å²) in [4.78, 5) is 4.65. The van der Waals surface area contributed by atoms with Gasteiger partial charge in [0, 0.05) is 10.9 Å². The summed E-state index contributed by atoms with van der Waals surface area (Å²) in [6.07, 6.45) is 3.90. The number of rotatable bonds is 5. The molecule has 0 saturated carbocycles. The molecule has 0 spiro atoms. The second-order valence-corrected chi connectivity index (χ2v) is 6.17. The van der Waals surface area contributed by atoms with Crippen molar-refractivity contribution >= 4 is 17.4 Å². The molecule has 1 atom stereocenters. The van der Waals surface area contributed by atoms with Gasteiger partial charge >= 0.3 is 0 Å². The summed E-state index contributed by atoms with van der Waals surface area (Å²) in [5, 5.41) is 6.56. The molecule has 0 radical (unpaired) electrons. The molecule has 0 aliphatic rings. The van der Waals surface area contributed by atoms with Gasteiger partial charge in [-0.05, 0) is 12.5 Å². The molecule has 1 heterocycles. The predicted molar refractivity (Wildman–Crippen MR) is 95.7 cm³/mol. The number of aromatic nitrogens is 1. The Morgan fingerprint density at radius 1 is 1.09 bits per heavy atom. The molecule has 0 fully saturated rings. The van der Waals surface area contributed by atoms with Crippen molar-refractivity contribution in [1.29, 1.82) is 5.53 Å². The summed E-state index contributed by atoms with van der Waals surface area (Å²) in [7, 11) is 0. The maximum Gasteiger partial charge on any atom is 0.140 e. The van der Waals surface area contributed by atoms with E-state index in [4.69, 9.17) is 5.53 Å². The van der Waals surface area contributed by atoms with Crippen LogP contribution in [0.25, 0.3) is 17.3 Å². The molecule has 2 aromatic carbocycles. The lowest BCUT2D eigenvalue weighted by atomic mass is 10.1. The van der Waals surface area contributed by atoms with Gasteiger partial charge in [-0.2, -0.15) is 5.11 Å². The fourth-order valence-corrected chi connectivity index (χ4v) is 3.07. The van der Waals surface area contributed by atoms with E-state index in [1.54, 1.807) is 11.3 Å². The van der Waals surface area contributed by atoms with E-state index >= 15 is 0 Å². The number of hydrogen-bond donors (Lipinski definition) is 1. The highest BCUT2D eigenvalue weighted by Crippen LogP contribution is 2.28. The summed E-state index contributed by atoms with van der Waals surface area (Å²) < 4.78 is 0. The Labute approximate surface area is 139 Å². The number of thiazole rings is 1. The van der Waals surface area contributed by atoms with Gasteiger partial charge in [0.25, 0.3) is 0 Å². The Hall–Kier alpha value is -2.59. The smallest absolute Gasteiger partial charge is 0.140 e. The molecule has 1 aromatic heterocycles. The molecule has 3 nitrogen and oxygen atoms in total. The van der Waals surface area contributed by atoms with Crippen LogP contribution in [0.15, 0.2) is 71.2 Å². The molecule has 0 bridgehead atoms. The zero-order chi connectivity index (χ0) is 16.1. The van der Waals surface area contributed by atoms with E-state index in [9.17, 15) is 0 Å². The maximum absolute atomic E-state index is 7.45. The molecular weight excluding hydrogens is 302 g/mol. The van der Waals surface area contributed by atoms with E-state index in [2.05, 4.69) is 41.3 Å². The third-order valence-electron chi connectivity index (χ3n) is 3.53. The van der Waals surface area contributed by atoms with E-state index in [0.29, 0.717) is 0 Å².